The number of nitro benzene ring substituents is 2. The van der Waals surface area contributed by atoms with E-state index in [9.17, 15) is 29.8 Å². The van der Waals surface area contributed by atoms with Gasteiger partial charge in [-0.3, -0.25) is 29.8 Å². The van der Waals surface area contributed by atoms with Crippen LogP contribution < -0.4 is 0 Å². The van der Waals surface area contributed by atoms with Gasteiger partial charge in [0.25, 0.3) is 17.3 Å². The van der Waals surface area contributed by atoms with Gasteiger partial charge in [0, 0.05) is 24.7 Å². The first-order valence-electron chi connectivity index (χ1n) is 8.18. The Hall–Kier alpha value is -3.08. The minimum Gasteiger partial charge on any atom is -0.455 e. The van der Waals surface area contributed by atoms with Crippen LogP contribution >= 0.6 is 0 Å². The molecule has 0 bridgehead atoms. The number of morpholine rings is 1. The number of hydrogen-bond donors (Lipinski definition) is 0. The lowest BCUT2D eigenvalue weighted by Crippen LogP contribution is -2.49. The molecule has 27 heavy (non-hydrogen) atoms. The highest BCUT2D eigenvalue weighted by atomic mass is 16.6. The molecule has 1 heterocycles. The summed E-state index contributed by atoms with van der Waals surface area (Å²) >= 11 is 0. The molecular weight excluding hydrogens is 362 g/mol. The second kappa shape index (κ2) is 8.54. The molecule has 0 saturated carbocycles. The lowest BCUT2D eigenvalue weighted by molar-refractivity contribution is -0.394. The van der Waals surface area contributed by atoms with E-state index in [1.165, 1.54) is 4.90 Å². The summed E-state index contributed by atoms with van der Waals surface area (Å²) in [4.78, 5) is 45.8. The van der Waals surface area contributed by atoms with Crippen LogP contribution in [0.1, 0.15) is 19.4 Å². The Labute approximate surface area is 154 Å². The molecule has 0 aromatic heterocycles. The van der Waals surface area contributed by atoms with E-state index in [0.29, 0.717) is 13.1 Å². The third-order valence-corrected chi connectivity index (χ3v) is 3.94. The molecule has 2 rings (SSSR count). The summed E-state index contributed by atoms with van der Waals surface area (Å²) in [6, 6.07) is 2.98. The van der Waals surface area contributed by atoms with Gasteiger partial charge in [0.1, 0.15) is 0 Å². The summed E-state index contributed by atoms with van der Waals surface area (Å²) in [5.41, 5.74) is -1.04. The molecule has 1 aromatic rings. The van der Waals surface area contributed by atoms with Gasteiger partial charge >= 0.3 is 5.97 Å². The van der Waals surface area contributed by atoms with Gasteiger partial charge in [-0.25, -0.2) is 0 Å². The van der Waals surface area contributed by atoms with Crippen LogP contribution in [-0.2, 0) is 25.5 Å². The Morgan fingerprint density at radius 2 is 1.81 bits per heavy atom. The van der Waals surface area contributed by atoms with Crippen molar-refractivity contribution in [2.75, 3.05) is 19.7 Å². The molecule has 0 spiro atoms. The average Bonchev–Trinajstić information content (AvgIpc) is 2.58. The Morgan fingerprint density at radius 1 is 1.19 bits per heavy atom. The van der Waals surface area contributed by atoms with Crippen LogP contribution in [-0.4, -0.2) is 58.5 Å². The first-order valence-corrected chi connectivity index (χ1v) is 8.18. The van der Waals surface area contributed by atoms with Crippen LogP contribution in [0.5, 0.6) is 0 Å². The van der Waals surface area contributed by atoms with Crippen molar-refractivity contribution in [1.82, 2.24) is 4.90 Å². The van der Waals surface area contributed by atoms with Gasteiger partial charge in [0.2, 0.25) is 0 Å². The van der Waals surface area contributed by atoms with E-state index in [0.717, 1.165) is 18.2 Å². The molecule has 0 aliphatic carbocycles. The molecule has 2 unspecified atom stereocenters. The van der Waals surface area contributed by atoms with E-state index in [2.05, 4.69) is 0 Å². The van der Waals surface area contributed by atoms with Crippen LogP contribution in [0.25, 0.3) is 0 Å². The van der Waals surface area contributed by atoms with E-state index in [1.54, 1.807) is 0 Å². The van der Waals surface area contributed by atoms with E-state index >= 15 is 0 Å². The van der Waals surface area contributed by atoms with Gasteiger partial charge in [0.05, 0.1) is 34.5 Å². The summed E-state index contributed by atoms with van der Waals surface area (Å²) in [6.07, 6.45) is -0.732. The Morgan fingerprint density at radius 3 is 2.37 bits per heavy atom. The van der Waals surface area contributed by atoms with E-state index in [-0.39, 0.29) is 23.7 Å². The molecule has 1 aliphatic heterocycles. The van der Waals surface area contributed by atoms with Gasteiger partial charge in [-0.05, 0) is 19.9 Å². The third kappa shape index (κ3) is 5.45. The number of benzene rings is 1. The number of non-ortho nitro benzene ring substituents is 1. The van der Waals surface area contributed by atoms with Crippen molar-refractivity contribution in [3.63, 3.8) is 0 Å². The molecule has 1 saturated heterocycles. The van der Waals surface area contributed by atoms with Crippen LogP contribution in [0, 0.1) is 20.2 Å². The molecule has 1 amide bonds. The number of nitrogens with zero attached hydrogens (tertiary/aromatic N) is 3. The van der Waals surface area contributed by atoms with E-state index in [4.69, 9.17) is 9.47 Å². The highest BCUT2D eigenvalue weighted by molar-refractivity contribution is 5.82. The van der Waals surface area contributed by atoms with Gasteiger partial charge in [-0.1, -0.05) is 0 Å². The number of nitro groups is 2. The molecule has 1 aliphatic rings. The summed E-state index contributed by atoms with van der Waals surface area (Å²) in [7, 11) is 0. The largest absolute Gasteiger partial charge is 0.455 e. The van der Waals surface area contributed by atoms with E-state index < -0.39 is 40.2 Å². The van der Waals surface area contributed by atoms with Crippen molar-refractivity contribution in [3.05, 3.63) is 44.0 Å². The normalized spacial score (nSPS) is 19.4. The second-order valence-electron chi connectivity index (χ2n) is 6.22. The fourth-order valence-corrected chi connectivity index (χ4v) is 2.81. The highest BCUT2D eigenvalue weighted by Gasteiger charge is 2.27. The Kier molecular flexibility index (Phi) is 6.40. The van der Waals surface area contributed by atoms with Crippen LogP contribution in [0.4, 0.5) is 11.4 Å². The summed E-state index contributed by atoms with van der Waals surface area (Å²) in [5, 5.41) is 21.8. The van der Waals surface area contributed by atoms with Crippen molar-refractivity contribution < 1.29 is 28.9 Å². The maximum Gasteiger partial charge on any atom is 0.311 e. The zero-order chi connectivity index (χ0) is 20.1. The molecule has 11 heteroatoms. The molecule has 0 N–H and O–H groups in total. The minimum atomic E-state index is -0.838. The van der Waals surface area contributed by atoms with Gasteiger partial charge in [0.15, 0.2) is 6.61 Å². The lowest BCUT2D eigenvalue weighted by atomic mass is 10.1. The molecular formula is C16H19N3O8. The maximum absolute atomic E-state index is 12.2. The number of carbonyl (C=O) groups excluding carboxylic acids is 2. The number of esters is 1. The second-order valence-corrected chi connectivity index (χ2v) is 6.22. The van der Waals surface area contributed by atoms with Gasteiger partial charge < -0.3 is 14.4 Å². The summed E-state index contributed by atoms with van der Waals surface area (Å²) in [6.45, 7) is 3.94. The van der Waals surface area contributed by atoms with Crippen LogP contribution in [0.3, 0.4) is 0 Å². The standard InChI is InChI=1S/C16H19N3O8/c1-10-7-17(8-11(2)27-10)15(20)9-26-16(21)5-12-3-4-13(18(22)23)6-14(12)19(24)25/h3-4,6,10-11H,5,7-9H2,1-2H3. The van der Waals surface area contributed by atoms with Crippen molar-refractivity contribution in [3.8, 4) is 0 Å². The zero-order valence-electron chi connectivity index (χ0n) is 14.8. The van der Waals surface area contributed by atoms with Crippen molar-refractivity contribution in [2.45, 2.75) is 32.5 Å². The quantitative estimate of drug-likeness (QED) is 0.407. The fraction of sp³-hybridized carbons (Fsp3) is 0.500. The molecule has 11 nitrogen and oxygen atoms in total. The maximum atomic E-state index is 12.2. The number of amides is 1. The SMILES string of the molecule is CC1CN(C(=O)COC(=O)Cc2ccc([N+](=O)[O-])cc2[N+](=O)[O-])CC(C)O1. The van der Waals surface area contributed by atoms with Crippen LogP contribution in [0.2, 0.25) is 0 Å². The van der Waals surface area contributed by atoms with Crippen LogP contribution in [0.15, 0.2) is 18.2 Å². The number of carbonyl (C=O) groups is 2. The molecule has 0 radical (unpaired) electrons. The van der Waals surface area contributed by atoms with Gasteiger partial charge in [-0.2, -0.15) is 0 Å². The molecule has 1 aromatic carbocycles. The molecule has 1 fully saturated rings. The van der Waals surface area contributed by atoms with Gasteiger partial charge in [-0.15, -0.1) is 0 Å². The molecule has 146 valence electrons. The smallest absolute Gasteiger partial charge is 0.311 e. The molecule has 2 atom stereocenters. The first kappa shape index (κ1) is 20.2. The third-order valence-electron chi connectivity index (χ3n) is 3.94. The number of hydrogen-bond acceptors (Lipinski definition) is 8. The topological polar surface area (TPSA) is 142 Å². The summed E-state index contributed by atoms with van der Waals surface area (Å²) < 4.78 is 10.4. The highest BCUT2D eigenvalue weighted by Crippen LogP contribution is 2.25. The number of rotatable bonds is 6. The van der Waals surface area contributed by atoms with E-state index in [1.807, 2.05) is 13.8 Å². The van der Waals surface area contributed by atoms with Crippen molar-refractivity contribution in [2.24, 2.45) is 0 Å². The zero-order valence-corrected chi connectivity index (χ0v) is 14.8. The Balaban J connectivity index is 1.96. The Bertz CT molecular complexity index is 756. The fourth-order valence-electron chi connectivity index (χ4n) is 2.81. The minimum absolute atomic E-state index is 0.0309. The number of ether oxygens (including phenoxy) is 2. The average molecular weight is 381 g/mol. The summed E-state index contributed by atoms with van der Waals surface area (Å²) in [5.74, 6) is -1.22. The first-order chi connectivity index (χ1) is 12.7. The lowest BCUT2D eigenvalue weighted by Gasteiger charge is -2.35. The predicted octanol–water partition coefficient (Wildman–Crippen LogP) is 1.22. The monoisotopic (exact) mass is 381 g/mol. The predicted molar refractivity (Wildman–Crippen MR) is 91.0 cm³/mol. The van der Waals surface area contributed by atoms with Crippen molar-refractivity contribution in [1.29, 1.82) is 0 Å². The van der Waals surface area contributed by atoms with Crippen molar-refractivity contribution >= 4 is 23.3 Å².